The molecule has 2 heterocycles. The summed E-state index contributed by atoms with van der Waals surface area (Å²) in [5.74, 6) is -2.92. The number of nitrogens with zero attached hydrogens (tertiary/aromatic N) is 3. The van der Waals surface area contributed by atoms with Crippen molar-refractivity contribution in [1.82, 2.24) is 14.9 Å². The van der Waals surface area contributed by atoms with Crippen LogP contribution in [0.4, 0.5) is 13.6 Å². The highest BCUT2D eigenvalue weighted by atomic mass is 19.3. The fraction of sp³-hybridized carbons (Fsp3) is 0.389. The van der Waals surface area contributed by atoms with E-state index in [0.717, 1.165) is 6.92 Å². The third-order valence-corrected chi connectivity index (χ3v) is 3.90. The summed E-state index contributed by atoms with van der Waals surface area (Å²) in [6.07, 6.45) is 2.67. The van der Waals surface area contributed by atoms with Gasteiger partial charge in [0.05, 0.1) is 36.9 Å². The van der Waals surface area contributed by atoms with Gasteiger partial charge in [0, 0.05) is 18.1 Å². The van der Waals surface area contributed by atoms with Crippen molar-refractivity contribution in [2.24, 2.45) is 0 Å². The summed E-state index contributed by atoms with van der Waals surface area (Å²) in [6.45, 7) is 5.24. The second-order valence-electron chi connectivity index (χ2n) is 6.85. The Morgan fingerprint density at radius 2 is 2.08 bits per heavy atom. The zero-order valence-electron chi connectivity index (χ0n) is 14.3. The number of hydrogen-bond donors (Lipinski definition) is 0. The van der Waals surface area contributed by atoms with E-state index in [4.69, 9.17) is 4.74 Å². The lowest BCUT2D eigenvalue weighted by molar-refractivity contribution is 0.0175. The Morgan fingerprint density at radius 1 is 1.32 bits per heavy atom. The van der Waals surface area contributed by atoms with E-state index in [9.17, 15) is 13.6 Å². The highest BCUT2D eigenvalue weighted by Gasteiger charge is 2.37. The largest absolute Gasteiger partial charge is 0.441 e. The Labute approximate surface area is 144 Å². The van der Waals surface area contributed by atoms with Crippen LogP contribution in [0.2, 0.25) is 0 Å². The number of cyclic esters (lactones) is 1. The van der Waals surface area contributed by atoms with E-state index in [1.165, 1.54) is 18.3 Å². The van der Waals surface area contributed by atoms with Crippen molar-refractivity contribution in [2.45, 2.75) is 38.8 Å². The number of carbonyl (C=O) groups is 1. The Morgan fingerprint density at radius 3 is 2.72 bits per heavy atom. The molecule has 1 aliphatic heterocycles. The summed E-state index contributed by atoms with van der Waals surface area (Å²) >= 11 is 0. The molecule has 0 N–H and O–H groups in total. The van der Waals surface area contributed by atoms with Crippen molar-refractivity contribution in [3.05, 3.63) is 47.9 Å². The maximum Gasteiger partial charge on any atom is 0.410 e. The molecular weight excluding hydrogens is 328 g/mol. The van der Waals surface area contributed by atoms with Gasteiger partial charge in [0.25, 0.3) is 5.92 Å². The summed E-state index contributed by atoms with van der Waals surface area (Å²) in [7, 11) is 0. The molecule has 0 saturated carbocycles. The van der Waals surface area contributed by atoms with E-state index in [1.807, 2.05) is 13.8 Å². The fourth-order valence-corrected chi connectivity index (χ4v) is 2.75. The third kappa shape index (κ3) is 3.92. The van der Waals surface area contributed by atoms with Crippen molar-refractivity contribution in [3.8, 4) is 11.3 Å². The van der Waals surface area contributed by atoms with Crippen LogP contribution >= 0.6 is 0 Å². The van der Waals surface area contributed by atoms with Crippen LogP contribution in [0.5, 0.6) is 0 Å². The highest BCUT2D eigenvalue weighted by molar-refractivity contribution is 5.70. The zero-order valence-corrected chi connectivity index (χ0v) is 14.3. The second kappa shape index (κ2) is 6.06. The number of alkyl halides is 2. The van der Waals surface area contributed by atoms with Gasteiger partial charge in [0.15, 0.2) is 0 Å². The zero-order chi connectivity index (χ0) is 18.2. The Hall–Kier alpha value is -2.57. The highest BCUT2D eigenvalue weighted by Crippen LogP contribution is 2.30. The Bertz CT molecular complexity index is 803. The third-order valence-electron chi connectivity index (χ3n) is 3.90. The van der Waals surface area contributed by atoms with Gasteiger partial charge in [0.1, 0.15) is 5.60 Å². The quantitative estimate of drug-likeness (QED) is 0.839. The molecule has 0 radical (unpaired) electrons. The number of carbonyl (C=O) groups excluding carboxylic acids is 1. The molecule has 25 heavy (non-hydrogen) atoms. The lowest BCUT2D eigenvalue weighted by Gasteiger charge is -2.15. The topological polar surface area (TPSA) is 55.3 Å². The fourth-order valence-electron chi connectivity index (χ4n) is 2.75. The second-order valence-corrected chi connectivity index (χ2v) is 6.85. The molecule has 1 aliphatic rings. The number of halogens is 2. The molecule has 0 unspecified atom stereocenters. The van der Waals surface area contributed by atoms with Gasteiger partial charge >= 0.3 is 6.09 Å². The molecule has 1 aromatic carbocycles. The standard InChI is InChI=1S/C18H19F2N3O2/c1-17(2)11-23(16(24)25-17)10-14-8-21-9-15(22-14)12-5-4-6-13(7-12)18(3,19)20/h4-9H,10-11H2,1-3H3. The van der Waals surface area contributed by atoms with Crippen molar-refractivity contribution in [1.29, 1.82) is 0 Å². The number of amides is 1. The van der Waals surface area contributed by atoms with Gasteiger partial charge in [0.2, 0.25) is 0 Å². The van der Waals surface area contributed by atoms with Crippen LogP contribution in [0, 0.1) is 0 Å². The summed E-state index contributed by atoms with van der Waals surface area (Å²) in [5, 5.41) is 0. The summed E-state index contributed by atoms with van der Waals surface area (Å²) in [4.78, 5) is 22.0. The molecule has 1 saturated heterocycles. The molecular formula is C18H19F2N3O2. The molecule has 0 atom stereocenters. The van der Waals surface area contributed by atoms with E-state index in [2.05, 4.69) is 9.97 Å². The summed E-state index contributed by atoms with van der Waals surface area (Å²) < 4.78 is 32.3. The lowest BCUT2D eigenvalue weighted by Crippen LogP contribution is -2.28. The number of hydrogen-bond acceptors (Lipinski definition) is 4. The van der Waals surface area contributed by atoms with Gasteiger partial charge in [-0.1, -0.05) is 18.2 Å². The molecule has 2 aromatic rings. The van der Waals surface area contributed by atoms with Crippen LogP contribution in [0.1, 0.15) is 32.0 Å². The lowest BCUT2D eigenvalue weighted by atomic mass is 10.0. The molecule has 1 amide bonds. The van der Waals surface area contributed by atoms with Crippen LogP contribution in [-0.4, -0.2) is 33.1 Å². The maximum absolute atomic E-state index is 13.5. The minimum Gasteiger partial charge on any atom is -0.441 e. The average Bonchev–Trinajstić information content (AvgIpc) is 2.79. The van der Waals surface area contributed by atoms with Crippen molar-refractivity contribution in [2.75, 3.05) is 6.54 Å². The van der Waals surface area contributed by atoms with Gasteiger partial charge in [-0.15, -0.1) is 0 Å². The van der Waals surface area contributed by atoms with E-state index in [-0.39, 0.29) is 12.1 Å². The maximum atomic E-state index is 13.5. The van der Waals surface area contributed by atoms with Gasteiger partial charge in [-0.2, -0.15) is 0 Å². The minimum atomic E-state index is -2.92. The van der Waals surface area contributed by atoms with E-state index >= 15 is 0 Å². The van der Waals surface area contributed by atoms with E-state index in [0.29, 0.717) is 23.5 Å². The first-order chi connectivity index (χ1) is 11.6. The van der Waals surface area contributed by atoms with Crippen molar-refractivity contribution >= 4 is 6.09 Å². The molecule has 1 fully saturated rings. The van der Waals surface area contributed by atoms with Gasteiger partial charge in [-0.25, -0.2) is 18.6 Å². The van der Waals surface area contributed by atoms with Crippen LogP contribution in [-0.2, 0) is 17.2 Å². The predicted molar refractivity (Wildman–Crippen MR) is 88.0 cm³/mol. The average molecular weight is 347 g/mol. The SMILES string of the molecule is CC1(C)CN(Cc2cncc(-c3cccc(C(C)(F)F)c3)n2)C(=O)O1. The Kier molecular flexibility index (Phi) is 4.18. The van der Waals surface area contributed by atoms with Gasteiger partial charge in [-0.3, -0.25) is 9.88 Å². The van der Waals surface area contributed by atoms with E-state index < -0.39 is 17.6 Å². The first kappa shape index (κ1) is 17.3. The first-order valence-corrected chi connectivity index (χ1v) is 7.92. The normalized spacial score (nSPS) is 16.8. The number of rotatable bonds is 4. The molecule has 132 valence electrons. The molecule has 5 nitrogen and oxygen atoms in total. The molecule has 1 aromatic heterocycles. The van der Waals surface area contributed by atoms with E-state index in [1.54, 1.807) is 23.2 Å². The van der Waals surface area contributed by atoms with Crippen molar-refractivity contribution < 1.29 is 18.3 Å². The predicted octanol–water partition coefficient (Wildman–Crippen LogP) is 3.99. The van der Waals surface area contributed by atoms with Gasteiger partial charge in [-0.05, 0) is 19.9 Å². The number of aromatic nitrogens is 2. The Balaban J connectivity index is 1.84. The molecule has 3 rings (SSSR count). The van der Waals surface area contributed by atoms with Crippen LogP contribution in [0.15, 0.2) is 36.7 Å². The molecule has 0 aliphatic carbocycles. The van der Waals surface area contributed by atoms with Gasteiger partial charge < -0.3 is 4.74 Å². The molecule has 0 spiro atoms. The molecule has 7 heteroatoms. The smallest absolute Gasteiger partial charge is 0.410 e. The van der Waals surface area contributed by atoms with Crippen LogP contribution in [0.3, 0.4) is 0 Å². The monoisotopic (exact) mass is 347 g/mol. The molecule has 0 bridgehead atoms. The summed E-state index contributed by atoms with van der Waals surface area (Å²) in [5.41, 5.74) is 0.986. The number of benzene rings is 1. The van der Waals surface area contributed by atoms with Crippen LogP contribution in [0.25, 0.3) is 11.3 Å². The van der Waals surface area contributed by atoms with Crippen LogP contribution < -0.4 is 0 Å². The summed E-state index contributed by atoms with van der Waals surface area (Å²) in [6, 6.07) is 6.05. The first-order valence-electron chi connectivity index (χ1n) is 7.92. The van der Waals surface area contributed by atoms with Crippen molar-refractivity contribution in [3.63, 3.8) is 0 Å². The minimum absolute atomic E-state index is 0.0814. The number of ether oxygens (including phenoxy) is 1.